The van der Waals surface area contributed by atoms with E-state index in [2.05, 4.69) is 22.0 Å². The number of aliphatic hydroxyl groups excluding tert-OH is 1. The van der Waals surface area contributed by atoms with Gasteiger partial charge in [-0.25, -0.2) is 0 Å². The van der Waals surface area contributed by atoms with Crippen molar-refractivity contribution >= 4 is 0 Å². The summed E-state index contributed by atoms with van der Waals surface area (Å²) >= 11 is 0. The molecule has 1 aromatic rings. The molecule has 2 saturated heterocycles. The first-order valence-corrected chi connectivity index (χ1v) is 9.23. The molecule has 3 heterocycles. The van der Waals surface area contributed by atoms with Crippen LogP contribution in [0, 0.1) is 6.92 Å². The van der Waals surface area contributed by atoms with Crippen molar-refractivity contribution in [2.75, 3.05) is 39.5 Å². The predicted octanol–water partition coefficient (Wildman–Crippen LogP) is 2.13. The number of rotatable bonds is 6. The lowest BCUT2D eigenvalue weighted by Crippen LogP contribution is -2.40. The van der Waals surface area contributed by atoms with Gasteiger partial charge >= 0.3 is 0 Å². The van der Waals surface area contributed by atoms with E-state index in [0.29, 0.717) is 19.1 Å². The molecule has 134 valence electrons. The molecule has 5 nitrogen and oxygen atoms in total. The van der Waals surface area contributed by atoms with Gasteiger partial charge in [0.15, 0.2) is 0 Å². The van der Waals surface area contributed by atoms with Gasteiger partial charge in [0.2, 0.25) is 0 Å². The zero-order valence-corrected chi connectivity index (χ0v) is 14.7. The molecule has 2 fully saturated rings. The van der Waals surface area contributed by atoms with Crippen LogP contribution in [0.15, 0.2) is 18.3 Å². The fourth-order valence-corrected chi connectivity index (χ4v) is 3.61. The first-order chi connectivity index (χ1) is 11.7. The fourth-order valence-electron chi connectivity index (χ4n) is 3.61. The van der Waals surface area contributed by atoms with Crippen molar-refractivity contribution in [3.63, 3.8) is 0 Å². The molecule has 0 aromatic carbocycles. The van der Waals surface area contributed by atoms with Gasteiger partial charge in [0.25, 0.3) is 0 Å². The third-order valence-corrected chi connectivity index (χ3v) is 5.15. The summed E-state index contributed by atoms with van der Waals surface area (Å²) in [5.74, 6) is 0.602. The average Bonchev–Trinajstić information content (AvgIpc) is 2.62. The number of likely N-dealkylation sites (tertiary alicyclic amines) is 1. The van der Waals surface area contributed by atoms with Gasteiger partial charge in [-0.15, -0.1) is 0 Å². The summed E-state index contributed by atoms with van der Waals surface area (Å²) in [7, 11) is 0. The number of hydrogen-bond acceptors (Lipinski definition) is 5. The van der Waals surface area contributed by atoms with Gasteiger partial charge in [-0.2, -0.15) is 0 Å². The highest BCUT2D eigenvalue weighted by molar-refractivity contribution is 5.18. The highest BCUT2D eigenvalue weighted by Crippen LogP contribution is 2.27. The van der Waals surface area contributed by atoms with Crippen LogP contribution in [0.5, 0.6) is 0 Å². The molecule has 24 heavy (non-hydrogen) atoms. The van der Waals surface area contributed by atoms with E-state index in [9.17, 15) is 5.11 Å². The first-order valence-electron chi connectivity index (χ1n) is 9.23. The number of piperidine rings is 1. The standard InChI is InChI=1S/C19H30N2O3/c1-15-2-3-17(12-20-15)16-4-8-21(9-5-16)13-18(22)14-24-19-6-10-23-11-7-19/h2-3,12,16,18-19,22H,4-11,13-14H2,1H3. The van der Waals surface area contributed by atoms with Gasteiger partial charge in [-0.05, 0) is 63.2 Å². The highest BCUT2D eigenvalue weighted by atomic mass is 16.5. The van der Waals surface area contributed by atoms with Crippen LogP contribution < -0.4 is 0 Å². The highest BCUT2D eigenvalue weighted by Gasteiger charge is 2.23. The summed E-state index contributed by atoms with van der Waals surface area (Å²) in [4.78, 5) is 6.77. The van der Waals surface area contributed by atoms with E-state index in [0.717, 1.165) is 57.7 Å². The van der Waals surface area contributed by atoms with Gasteiger partial charge in [0, 0.05) is 31.6 Å². The number of pyridine rings is 1. The first kappa shape index (κ1) is 17.8. The number of hydrogen-bond donors (Lipinski definition) is 1. The molecule has 1 unspecified atom stereocenters. The number of ether oxygens (including phenoxy) is 2. The minimum absolute atomic E-state index is 0.258. The molecule has 0 saturated carbocycles. The Kier molecular flexibility index (Phi) is 6.60. The summed E-state index contributed by atoms with van der Waals surface area (Å²) in [6, 6.07) is 4.30. The molecule has 5 heteroatoms. The lowest BCUT2D eigenvalue weighted by molar-refractivity contribution is -0.0649. The van der Waals surface area contributed by atoms with Crippen LogP contribution in [0.3, 0.4) is 0 Å². The molecule has 1 N–H and O–H groups in total. The van der Waals surface area contributed by atoms with Gasteiger partial charge in [-0.1, -0.05) is 6.07 Å². The largest absolute Gasteiger partial charge is 0.389 e. The van der Waals surface area contributed by atoms with E-state index in [-0.39, 0.29) is 6.10 Å². The van der Waals surface area contributed by atoms with Crippen molar-refractivity contribution in [1.29, 1.82) is 0 Å². The van der Waals surface area contributed by atoms with Crippen molar-refractivity contribution < 1.29 is 14.6 Å². The van der Waals surface area contributed by atoms with Gasteiger partial charge in [0.1, 0.15) is 0 Å². The Bertz CT molecular complexity index is 480. The topological polar surface area (TPSA) is 54.8 Å². The number of aromatic nitrogens is 1. The third kappa shape index (κ3) is 5.24. The second-order valence-corrected chi connectivity index (χ2v) is 7.11. The molecule has 2 aliphatic heterocycles. The smallest absolute Gasteiger partial charge is 0.0900 e. The van der Waals surface area contributed by atoms with Crippen LogP contribution in [0.1, 0.15) is 42.9 Å². The molecule has 0 bridgehead atoms. The molecule has 0 amide bonds. The van der Waals surface area contributed by atoms with Crippen molar-refractivity contribution in [2.45, 2.75) is 50.7 Å². The van der Waals surface area contributed by atoms with E-state index in [1.54, 1.807) is 0 Å². The summed E-state index contributed by atoms with van der Waals surface area (Å²) < 4.78 is 11.1. The van der Waals surface area contributed by atoms with Crippen molar-refractivity contribution in [1.82, 2.24) is 9.88 Å². The molecule has 3 rings (SSSR count). The van der Waals surface area contributed by atoms with E-state index >= 15 is 0 Å². The Morgan fingerprint density at radius 2 is 2.00 bits per heavy atom. The zero-order valence-electron chi connectivity index (χ0n) is 14.7. The van der Waals surface area contributed by atoms with Gasteiger partial charge in [0.05, 0.1) is 18.8 Å². The summed E-state index contributed by atoms with van der Waals surface area (Å²) in [6.45, 7) is 6.80. The number of nitrogens with zero attached hydrogens (tertiary/aromatic N) is 2. The van der Waals surface area contributed by atoms with E-state index in [1.807, 2.05) is 13.1 Å². The lowest BCUT2D eigenvalue weighted by atomic mass is 9.90. The quantitative estimate of drug-likeness (QED) is 0.864. The normalized spacial score (nSPS) is 22.6. The van der Waals surface area contributed by atoms with E-state index < -0.39 is 6.10 Å². The molecule has 2 aliphatic rings. The maximum atomic E-state index is 10.2. The molecular formula is C19H30N2O3. The van der Waals surface area contributed by atoms with Crippen LogP contribution >= 0.6 is 0 Å². The molecule has 1 atom stereocenters. The SMILES string of the molecule is Cc1ccc(C2CCN(CC(O)COC3CCOCC3)CC2)cn1. The zero-order chi connectivity index (χ0) is 16.8. The van der Waals surface area contributed by atoms with Gasteiger partial charge in [-0.3, -0.25) is 4.98 Å². The second kappa shape index (κ2) is 8.90. The molecule has 0 spiro atoms. The maximum absolute atomic E-state index is 10.2. The van der Waals surface area contributed by atoms with Crippen LogP contribution in [0.25, 0.3) is 0 Å². The van der Waals surface area contributed by atoms with Crippen LogP contribution in [0.4, 0.5) is 0 Å². The number of β-amino-alcohol motifs (C(OH)–C–C–N with tert-alkyl or cyclic N) is 1. The monoisotopic (exact) mass is 334 g/mol. The number of aliphatic hydroxyl groups is 1. The summed E-state index contributed by atoms with van der Waals surface area (Å²) in [5.41, 5.74) is 2.42. The van der Waals surface area contributed by atoms with E-state index in [1.165, 1.54) is 5.56 Å². The molecular weight excluding hydrogens is 304 g/mol. The molecule has 1 aromatic heterocycles. The van der Waals surface area contributed by atoms with E-state index in [4.69, 9.17) is 9.47 Å². The Hall–Kier alpha value is -1.01. The van der Waals surface area contributed by atoms with Crippen LogP contribution in [-0.4, -0.2) is 66.7 Å². The minimum atomic E-state index is -0.398. The summed E-state index contributed by atoms with van der Waals surface area (Å²) in [6.07, 6.45) is 6.05. The predicted molar refractivity (Wildman–Crippen MR) is 93.2 cm³/mol. The van der Waals surface area contributed by atoms with Crippen LogP contribution in [-0.2, 0) is 9.47 Å². The Labute approximate surface area is 145 Å². The number of aryl methyl sites for hydroxylation is 1. The van der Waals surface area contributed by atoms with Gasteiger partial charge < -0.3 is 19.5 Å². The average molecular weight is 334 g/mol. The Balaban J connectivity index is 1.36. The second-order valence-electron chi connectivity index (χ2n) is 7.11. The van der Waals surface area contributed by atoms with Crippen molar-refractivity contribution in [3.8, 4) is 0 Å². The minimum Gasteiger partial charge on any atom is -0.389 e. The molecule has 0 aliphatic carbocycles. The van der Waals surface area contributed by atoms with Crippen molar-refractivity contribution in [3.05, 3.63) is 29.6 Å². The fraction of sp³-hybridized carbons (Fsp3) is 0.737. The lowest BCUT2D eigenvalue weighted by Gasteiger charge is -2.33. The maximum Gasteiger partial charge on any atom is 0.0900 e. The summed E-state index contributed by atoms with van der Waals surface area (Å²) in [5, 5.41) is 10.2. The Morgan fingerprint density at radius 1 is 1.25 bits per heavy atom. The van der Waals surface area contributed by atoms with Crippen LogP contribution in [0.2, 0.25) is 0 Å². The Morgan fingerprint density at radius 3 is 2.67 bits per heavy atom. The molecule has 0 radical (unpaired) electrons. The van der Waals surface area contributed by atoms with Crippen molar-refractivity contribution in [2.24, 2.45) is 0 Å². The third-order valence-electron chi connectivity index (χ3n) is 5.15.